The second-order valence-electron chi connectivity index (χ2n) is 6.38. The predicted octanol–water partition coefficient (Wildman–Crippen LogP) is 5.18. The van der Waals surface area contributed by atoms with E-state index in [1.54, 1.807) is 17.8 Å². The first-order valence-corrected chi connectivity index (χ1v) is 9.91. The van der Waals surface area contributed by atoms with Crippen molar-refractivity contribution in [3.05, 3.63) is 28.2 Å². The first-order chi connectivity index (χ1) is 11.5. The molecule has 2 heterocycles. The van der Waals surface area contributed by atoms with E-state index in [-0.39, 0.29) is 0 Å². The Hall–Kier alpha value is -0.750. The Morgan fingerprint density at radius 1 is 1.33 bits per heavy atom. The second-order valence-corrected chi connectivity index (χ2v) is 8.21. The van der Waals surface area contributed by atoms with Gasteiger partial charge in [0.05, 0.1) is 11.1 Å². The summed E-state index contributed by atoms with van der Waals surface area (Å²) >= 11 is 14.1. The number of thioether (sulfide) groups is 1. The SMILES string of the molecule is CC(C)Cn1c(SCC2CCCO2)nnc1-c1ccc(Cl)cc1Cl. The molecule has 24 heavy (non-hydrogen) atoms. The number of benzene rings is 1. The summed E-state index contributed by atoms with van der Waals surface area (Å²) in [6, 6.07) is 5.47. The number of hydrogen-bond acceptors (Lipinski definition) is 4. The third kappa shape index (κ3) is 4.26. The summed E-state index contributed by atoms with van der Waals surface area (Å²) in [5.41, 5.74) is 0.859. The summed E-state index contributed by atoms with van der Waals surface area (Å²) in [5, 5.41) is 10.9. The van der Waals surface area contributed by atoms with Crippen LogP contribution in [0.1, 0.15) is 26.7 Å². The van der Waals surface area contributed by atoms with Crippen molar-refractivity contribution in [3.63, 3.8) is 0 Å². The number of aromatic nitrogens is 3. The van der Waals surface area contributed by atoms with E-state index < -0.39 is 0 Å². The summed E-state index contributed by atoms with van der Waals surface area (Å²) in [5.74, 6) is 2.18. The van der Waals surface area contributed by atoms with Gasteiger partial charge in [0.2, 0.25) is 0 Å². The highest BCUT2D eigenvalue weighted by Gasteiger charge is 2.21. The van der Waals surface area contributed by atoms with Gasteiger partial charge in [-0.3, -0.25) is 0 Å². The van der Waals surface area contributed by atoms with Crippen molar-refractivity contribution in [2.24, 2.45) is 5.92 Å². The minimum atomic E-state index is 0.321. The molecule has 2 aromatic rings. The lowest BCUT2D eigenvalue weighted by molar-refractivity contribution is 0.129. The van der Waals surface area contributed by atoms with Crippen molar-refractivity contribution in [2.75, 3.05) is 12.4 Å². The van der Waals surface area contributed by atoms with Crippen molar-refractivity contribution < 1.29 is 4.74 Å². The predicted molar refractivity (Wildman–Crippen MR) is 100 cm³/mol. The highest BCUT2D eigenvalue weighted by molar-refractivity contribution is 7.99. The van der Waals surface area contributed by atoms with E-state index >= 15 is 0 Å². The highest BCUT2D eigenvalue weighted by atomic mass is 35.5. The fourth-order valence-electron chi connectivity index (χ4n) is 2.74. The molecule has 3 rings (SSSR count). The van der Waals surface area contributed by atoms with Gasteiger partial charge in [0, 0.05) is 29.5 Å². The molecule has 0 bridgehead atoms. The molecule has 1 fully saturated rings. The van der Waals surface area contributed by atoms with Crippen LogP contribution in [0.5, 0.6) is 0 Å². The molecule has 4 nitrogen and oxygen atoms in total. The lowest BCUT2D eigenvalue weighted by Gasteiger charge is -2.14. The van der Waals surface area contributed by atoms with E-state index in [2.05, 4.69) is 28.6 Å². The van der Waals surface area contributed by atoms with Gasteiger partial charge in [-0.25, -0.2) is 0 Å². The minimum Gasteiger partial charge on any atom is -0.377 e. The van der Waals surface area contributed by atoms with Crippen LogP contribution in [0.4, 0.5) is 0 Å². The van der Waals surface area contributed by atoms with Crippen molar-refractivity contribution in [1.82, 2.24) is 14.8 Å². The van der Waals surface area contributed by atoms with Crippen LogP contribution in [0.3, 0.4) is 0 Å². The maximum Gasteiger partial charge on any atom is 0.191 e. The van der Waals surface area contributed by atoms with E-state index in [9.17, 15) is 0 Å². The van der Waals surface area contributed by atoms with Gasteiger partial charge in [-0.2, -0.15) is 0 Å². The van der Waals surface area contributed by atoms with E-state index in [4.69, 9.17) is 27.9 Å². The normalized spacial score (nSPS) is 17.8. The summed E-state index contributed by atoms with van der Waals surface area (Å²) in [4.78, 5) is 0. The Bertz CT molecular complexity index is 699. The van der Waals surface area contributed by atoms with Crippen LogP contribution in [0, 0.1) is 5.92 Å². The molecule has 1 saturated heterocycles. The third-order valence-electron chi connectivity index (χ3n) is 3.86. The van der Waals surface area contributed by atoms with E-state index in [1.807, 2.05) is 12.1 Å². The zero-order chi connectivity index (χ0) is 17.1. The molecule has 0 saturated carbocycles. The lowest BCUT2D eigenvalue weighted by atomic mass is 10.2. The molecule has 0 radical (unpaired) electrons. The topological polar surface area (TPSA) is 39.9 Å². The van der Waals surface area contributed by atoms with Crippen molar-refractivity contribution in [2.45, 2.75) is 44.5 Å². The van der Waals surface area contributed by atoms with Crippen LogP contribution >= 0.6 is 35.0 Å². The Labute approximate surface area is 156 Å². The second kappa shape index (κ2) is 8.09. The van der Waals surface area contributed by atoms with Gasteiger partial charge >= 0.3 is 0 Å². The van der Waals surface area contributed by atoms with E-state index in [0.717, 1.165) is 48.3 Å². The molecule has 1 aliphatic rings. The summed E-state index contributed by atoms with van der Waals surface area (Å²) in [6.45, 7) is 6.08. The first-order valence-electron chi connectivity index (χ1n) is 8.17. The summed E-state index contributed by atoms with van der Waals surface area (Å²) < 4.78 is 7.86. The Balaban J connectivity index is 1.87. The van der Waals surface area contributed by atoms with Crippen molar-refractivity contribution in [1.29, 1.82) is 0 Å². The number of halogens is 2. The number of nitrogens with zero attached hydrogens (tertiary/aromatic N) is 3. The molecule has 1 atom stereocenters. The molecule has 0 aliphatic carbocycles. The molecule has 0 amide bonds. The zero-order valence-corrected chi connectivity index (χ0v) is 16.2. The van der Waals surface area contributed by atoms with Gasteiger partial charge in [-0.1, -0.05) is 48.8 Å². The fourth-order valence-corrected chi connectivity index (χ4v) is 4.24. The summed E-state index contributed by atoms with van der Waals surface area (Å²) in [6.07, 6.45) is 2.60. The molecule has 1 aromatic heterocycles. The van der Waals surface area contributed by atoms with Gasteiger partial charge in [-0.05, 0) is 37.0 Å². The summed E-state index contributed by atoms with van der Waals surface area (Å²) in [7, 11) is 0. The molecule has 0 spiro atoms. The smallest absolute Gasteiger partial charge is 0.191 e. The van der Waals surface area contributed by atoms with Crippen molar-refractivity contribution >= 4 is 35.0 Å². The van der Waals surface area contributed by atoms with Gasteiger partial charge in [0.25, 0.3) is 0 Å². The standard InChI is InChI=1S/C17H21Cl2N3OS/c1-11(2)9-22-16(14-6-5-12(18)8-15(14)19)20-21-17(22)24-10-13-4-3-7-23-13/h5-6,8,11,13H,3-4,7,9-10H2,1-2H3. The molecule has 7 heteroatoms. The molecular formula is C17H21Cl2N3OS. The molecule has 1 aliphatic heterocycles. The average molecular weight is 386 g/mol. The maximum atomic E-state index is 6.37. The van der Waals surface area contributed by atoms with Gasteiger partial charge in [0.15, 0.2) is 11.0 Å². The van der Waals surface area contributed by atoms with Gasteiger partial charge in [-0.15, -0.1) is 10.2 Å². The van der Waals surface area contributed by atoms with Crippen LogP contribution in [-0.2, 0) is 11.3 Å². The highest BCUT2D eigenvalue weighted by Crippen LogP contribution is 2.32. The minimum absolute atomic E-state index is 0.321. The fraction of sp³-hybridized carbons (Fsp3) is 0.529. The largest absolute Gasteiger partial charge is 0.377 e. The third-order valence-corrected chi connectivity index (χ3v) is 5.51. The number of rotatable bonds is 6. The molecule has 130 valence electrons. The molecule has 1 aromatic carbocycles. The quantitative estimate of drug-likeness (QED) is 0.642. The number of hydrogen-bond donors (Lipinski definition) is 0. The Kier molecular flexibility index (Phi) is 6.08. The van der Waals surface area contributed by atoms with Crippen LogP contribution in [0.15, 0.2) is 23.4 Å². The van der Waals surface area contributed by atoms with Gasteiger partial charge < -0.3 is 9.30 Å². The number of ether oxygens (including phenoxy) is 1. The van der Waals surface area contributed by atoms with Crippen LogP contribution < -0.4 is 0 Å². The first kappa shape index (κ1) is 18.1. The maximum absolute atomic E-state index is 6.37. The van der Waals surface area contributed by atoms with Crippen LogP contribution in [-0.4, -0.2) is 33.2 Å². The van der Waals surface area contributed by atoms with Crippen molar-refractivity contribution in [3.8, 4) is 11.4 Å². The zero-order valence-electron chi connectivity index (χ0n) is 13.8. The van der Waals surface area contributed by atoms with E-state index in [1.165, 1.54) is 0 Å². The van der Waals surface area contributed by atoms with Gasteiger partial charge in [0.1, 0.15) is 0 Å². The lowest BCUT2D eigenvalue weighted by Crippen LogP contribution is -2.11. The van der Waals surface area contributed by atoms with E-state index in [0.29, 0.717) is 22.1 Å². The van der Waals surface area contributed by atoms with Crippen LogP contribution in [0.25, 0.3) is 11.4 Å². The molecule has 0 N–H and O–H groups in total. The molecular weight excluding hydrogens is 365 g/mol. The Morgan fingerprint density at radius 2 is 2.17 bits per heavy atom. The average Bonchev–Trinajstić information content (AvgIpc) is 3.15. The van der Waals surface area contributed by atoms with Crippen LogP contribution in [0.2, 0.25) is 10.0 Å². The Morgan fingerprint density at radius 3 is 2.83 bits per heavy atom. The molecule has 1 unspecified atom stereocenters. The monoisotopic (exact) mass is 385 g/mol.